The highest BCUT2D eigenvalue weighted by Gasteiger charge is 2.07. The minimum Gasteiger partial charge on any atom is -0.392 e. The Hall–Kier alpha value is -0.870. The predicted octanol–water partition coefficient (Wildman–Crippen LogP) is 1.49. The van der Waals surface area contributed by atoms with Gasteiger partial charge in [0.2, 0.25) is 0 Å². The van der Waals surface area contributed by atoms with Gasteiger partial charge in [-0.25, -0.2) is 9.97 Å². The molecule has 0 fully saturated rings. The van der Waals surface area contributed by atoms with Crippen LogP contribution >= 0.6 is 11.6 Å². The van der Waals surface area contributed by atoms with Crippen LogP contribution in [-0.4, -0.2) is 27.7 Å². The lowest BCUT2D eigenvalue weighted by Crippen LogP contribution is -2.16. The van der Waals surface area contributed by atoms with Crippen LogP contribution in [0.25, 0.3) is 0 Å². The van der Waals surface area contributed by atoms with Crippen LogP contribution in [0.15, 0.2) is 6.33 Å². The minimum atomic E-state index is -0.425. The molecule has 0 aliphatic heterocycles. The van der Waals surface area contributed by atoms with Gasteiger partial charge in [-0.1, -0.05) is 18.5 Å². The summed E-state index contributed by atoms with van der Waals surface area (Å²) >= 11 is 6.02. The average molecular weight is 216 g/mol. The number of rotatable bonds is 4. The number of halogens is 1. The molecule has 0 amide bonds. The van der Waals surface area contributed by atoms with Gasteiger partial charge < -0.3 is 10.4 Å². The molecule has 0 aliphatic rings. The number of anilines is 1. The fourth-order valence-electron chi connectivity index (χ4n) is 1.02. The van der Waals surface area contributed by atoms with Crippen molar-refractivity contribution in [3.63, 3.8) is 0 Å². The normalized spacial score (nSPS) is 12.6. The molecule has 2 N–H and O–H groups in total. The lowest BCUT2D eigenvalue weighted by Gasteiger charge is -2.10. The van der Waals surface area contributed by atoms with Crippen LogP contribution in [0, 0.1) is 0 Å². The number of aliphatic hydroxyl groups is 1. The fourth-order valence-corrected chi connectivity index (χ4v) is 1.32. The molecule has 1 aromatic rings. The summed E-state index contributed by atoms with van der Waals surface area (Å²) in [6.07, 6.45) is 1.81. The standard InChI is InChI=1S/C9H14ClN3O/c1-3-7-8(10)9(13-5-12-7)11-4-6(2)14/h5-6,14H,3-4H2,1-2H3,(H,11,12,13). The summed E-state index contributed by atoms with van der Waals surface area (Å²) in [5, 5.41) is 12.6. The van der Waals surface area contributed by atoms with Crippen LogP contribution in [0.2, 0.25) is 5.02 Å². The largest absolute Gasteiger partial charge is 0.392 e. The molecule has 5 heteroatoms. The maximum absolute atomic E-state index is 9.08. The van der Waals surface area contributed by atoms with Gasteiger partial charge in [-0.05, 0) is 13.3 Å². The number of hydrogen-bond acceptors (Lipinski definition) is 4. The van der Waals surface area contributed by atoms with Gasteiger partial charge in [0.25, 0.3) is 0 Å². The Labute approximate surface area is 88.3 Å². The highest BCUT2D eigenvalue weighted by atomic mass is 35.5. The molecule has 0 radical (unpaired) electrons. The maximum atomic E-state index is 9.08. The number of nitrogens with zero attached hydrogens (tertiary/aromatic N) is 2. The van der Waals surface area contributed by atoms with E-state index in [2.05, 4.69) is 15.3 Å². The van der Waals surface area contributed by atoms with E-state index >= 15 is 0 Å². The quantitative estimate of drug-likeness (QED) is 0.799. The van der Waals surface area contributed by atoms with Gasteiger partial charge in [-0.3, -0.25) is 0 Å². The van der Waals surface area contributed by atoms with Crippen molar-refractivity contribution >= 4 is 17.4 Å². The molecule has 4 nitrogen and oxygen atoms in total. The van der Waals surface area contributed by atoms with Crippen molar-refractivity contribution in [2.24, 2.45) is 0 Å². The fraction of sp³-hybridized carbons (Fsp3) is 0.556. The molecule has 0 saturated heterocycles. The molecule has 0 aliphatic carbocycles. The van der Waals surface area contributed by atoms with E-state index < -0.39 is 6.10 Å². The molecule has 1 aromatic heterocycles. The molecule has 1 atom stereocenters. The van der Waals surface area contributed by atoms with Gasteiger partial charge in [-0.2, -0.15) is 0 Å². The number of aryl methyl sites for hydroxylation is 1. The van der Waals surface area contributed by atoms with Crippen molar-refractivity contribution in [2.75, 3.05) is 11.9 Å². The first-order chi connectivity index (χ1) is 6.65. The summed E-state index contributed by atoms with van der Waals surface area (Å²) in [5.74, 6) is 0.583. The van der Waals surface area contributed by atoms with E-state index in [4.69, 9.17) is 16.7 Å². The number of nitrogens with one attached hydrogen (secondary N) is 1. The van der Waals surface area contributed by atoms with E-state index in [-0.39, 0.29) is 0 Å². The maximum Gasteiger partial charge on any atom is 0.148 e. The van der Waals surface area contributed by atoms with Crippen LogP contribution in [-0.2, 0) is 6.42 Å². The highest BCUT2D eigenvalue weighted by molar-refractivity contribution is 6.33. The van der Waals surface area contributed by atoms with Gasteiger partial charge in [0.15, 0.2) is 0 Å². The molecule has 0 saturated carbocycles. The van der Waals surface area contributed by atoms with E-state index in [0.29, 0.717) is 17.4 Å². The Bertz CT molecular complexity index is 304. The van der Waals surface area contributed by atoms with Crippen molar-refractivity contribution < 1.29 is 5.11 Å². The molecule has 0 aromatic carbocycles. The first-order valence-electron chi connectivity index (χ1n) is 4.56. The second kappa shape index (κ2) is 5.12. The number of aromatic nitrogens is 2. The first kappa shape index (κ1) is 11.2. The third-order valence-electron chi connectivity index (χ3n) is 1.76. The topological polar surface area (TPSA) is 58.0 Å². The highest BCUT2D eigenvalue weighted by Crippen LogP contribution is 2.21. The zero-order valence-electron chi connectivity index (χ0n) is 8.29. The van der Waals surface area contributed by atoms with Crippen LogP contribution in [0.5, 0.6) is 0 Å². The van der Waals surface area contributed by atoms with Crippen molar-refractivity contribution in [1.82, 2.24) is 9.97 Å². The van der Waals surface area contributed by atoms with Gasteiger partial charge in [0, 0.05) is 6.54 Å². The summed E-state index contributed by atoms with van der Waals surface area (Å²) in [6.45, 7) is 4.11. The van der Waals surface area contributed by atoms with E-state index in [1.807, 2.05) is 6.92 Å². The van der Waals surface area contributed by atoms with Crippen molar-refractivity contribution in [3.8, 4) is 0 Å². The van der Waals surface area contributed by atoms with Gasteiger partial charge in [0.05, 0.1) is 11.8 Å². The molecular formula is C9H14ClN3O. The molecule has 1 heterocycles. The van der Waals surface area contributed by atoms with Crippen LogP contribution in [0.1, 0.15) is 19.5 Å². The molecular weight excluding hydrogens is 202 g/mol. The molecule has 0 bridgehead atoms. The predicted molar refractivity (Wildman–Crippen MR) is 56.6 cm³/mol. The summed E-state index contributed by atoms with van der Waals surface area (Å²) < 4.78 is 0. The Morgan fingerprint density at radius 1 is 1.57 bits per heavy atom. The van der Waals surface area contributed by atoms with E-state index in [9.17, 15) is 0 Å². The Balaban J connectivity index is 2.76. The Morgan fingerprint density at radius 3 is 2.86 bits per heavy atom. The smallest absolute Gasteiger partial charge is 0.148 e. The van der Waals surface area contributed by atoms with E-state index in [0.717, 1.165) is 12.1 Å². The number of hydrogen-bond donors (Lipinski definition) is 2. The van der Waals surface area contributed by atoms with Crippen LogP contribution in [0.3, 0.4) is 0 Å². The third kappa shape index (κ3) is 2.82. The van der Waals surface area contributed by atoms with Gasteiger partial charge in [0.1, 0.15) is 17.2 Å². The molecule has 0 spiro atoms. The van der Waals surface area contributed by atoms with Crippen molar-refractivity contribution in [2.45, 2.75) is 26.4 Å². The zero-order valence-corrected chi connectivity index (χ0v) is 9.04. The van der Waals surface area contributed by atoms with Crippen molar-refractivity contribution in [3.05, 3.63) is 17.0 Å². The second-order valence-corrected chi connectivity index (χ2v) is 3.44. The first-order valence-corrected chi connectivity index (χ1v) is 4.94. The summed E-state index contributed by atoms with van der Waals surface area (Å²) in [7, 11) is 0. The van der Waals surface area contributed by atoms with Gasteiger partial charge >= 0.3 is 0 Å². The molecule has 78 valence electrons. The average Bonchev–Trinajstić information content (AvgIpc) is 2.16. The SMILES string of the molecule is CCc1ncnc(NCC(C)O)c1Cl. The minimum absolute atomic E-state index is 0.425. The second-order valence-electron chi connectivity index (χ2n) is 3.07. The third-order valence-corrected chi connectivity index (χ3v) is 2.16. The summed E-state index contributed by atoms with van der Waals surface area (Å²) in [4.78, 5) is 8.03. The van der Waals surface area contributed by atoms with Crippen LogP contribution < -0.4 is 5.32 Å². The Morgan fingerprint density at radius 2 is 2.29 bits per heavy atom. The van der Waals surface area contributed by atoms with E-state index in [1.54, 1.807) is 6.92 Å². The summed E-state index contributed by atoms with van der Waals surface area (Å²) in [6, 6.07) is 0. The monoisotopic (exact) mass is 215 g/mol. The van der Waals surface area contributed by atoms with E-state index in [1.165, 1.54) is 6.33 Å². The van der Waals surface area contributed by atoms with Gasteiger partial charge in [-0.15, -0.1) is 0 Å². The zero-order chi connectivity index (χ0) is 10.6. The lowest BCUT2D eigenvalue weighted by atomic mass is 10.3. The molecule has 1 rings (SSSR count). The van der Waals surface area contributed by atoms with Crippen molar-refractivity contribution in [1.29, 1.82) is 0 Å². The number of aliphatic hydroxyl groups excluding tert-OH is 1. The molecule has 14 heavy (non-hydrogen) atoms. The van der Waals surface area contributed by atoms with Crippen LogP contribution in [0.4, 0.5) is 5.82 Å². The lowest BCUT2D eigenvalue weighted by molar-refractivity contribution is 0.208. The summed E-state index contributed by atoms with van der Waals surface area (Å²) in [5.41, 5.74) is 0.815. The molecule has 1 unspecified atom stereocenters. The Kier molecular flexibility index (Phi) is 4.10.